The van der Waals surface area contributed by atoms with Crippen LogP contribution in [-0.4, -0.2) is 40.6 Å². The Balaban J connectivity index is 1.95. The van der Waals surface area contributed by atoms with Gasteiger partial charge in [0.2, 0.25) is 10.0 Å². The highest BCUT2D eigenvalue weighted by Crippen LogP contribution is 2.22. The molecular weight excluding hydrogens is 396 g/mol. The molecule has 2 aromatic carbocycles. The van der Waals surface area contributed by atoms with Gasteiger partial charge >= 0.3 is 5.97 Å². The summed E-state index contributed by atoms with van der Waals surface area (Å²) in [6.45, 7) is 3.70. The van der Waals surface area contributed by atoms with Gasteiger partial charge in [0.05, 0.1) is 17.6 Å². The number of hydrogen-bond acceptors (Lipinski definition) is 6. The summed E-state index contributed by atoms with van der Waals surface area (Å²) in [6.07, 6.45) is 0.694. The Morgan fingerprint density at radius 3 is 2.34 bits per heavy atom. The lowest BCUT2D eigenvalue weighted by atomic mass is 10.2. The number of aryl methyl sites for hydroxylation is 1. The maximum atomic E-state index is 12.2. The minimum atomic E-state index is -3.56. The molecular formula is C20H24N2O6S. The topological polar surface area (TPSA) is 111 Å². The number of hydrogen-bond donors (Lipinski definition) is 2. The number of esters is 1. The normalized spacial score (nSPS) is 11.0. The molecule has 0 aliphatic rings. The van der Waals surface area contributed by atoms with Crippen LogP contribution < -0.4 is 14.8 Å². The van der Waals surface area contributed by atoms with E-state index < -0.39 is 21.9 Å². The van der Waals surface area contributed by atoms with E-state index in [4.69, 9.17) is 4.74 Å². The van der Waals surface area contributed by atoms with Crippen LogP contribution in [0.15, 0.2) is 47.4 Å². The van der Waals surface area contributed by atoms with Crippen molar-refractivity contribution in [2.75, 3.05) is 25.6 Å². The standard InChI is InChI=1S/C20H24N2O6S/c1-4-11-21-29(25,26)17-9-10-18(14(2)12-17)28-13-19(23)22-16-7-5-15(6-8-16)20(24)27-3/h5-10,12,21H,4,11,13H2,1-3H3,(H,22,23). The summed E-state index contributed by atoms with van der Waals surface area (Å²) in [5.74, 6) is -0.441. The Kier molecular flexibility index (Phi) is 7.74. The lowest BCUT2D eigenvalue weighted by Gasteiger charge is -2.12. The molecule has 0 bridgehead atoms. The third-order valence-corrected chi connectivity index (χ3v) is 5.41. The molecule has 0 radical (unpaired) electrons. The molecule has 2 rings (SSSR count). The van der Waals surface area contributed by atoms with Crippen LogP contribution in [0.3, 0.4) is 0 Å². The van der Waals surface area contributed by atoms with Crippen LogP contribution in [0.2, 0.25) is 0 Å². The van der Waals surface area contributed by atoms with Crippen molar-refractivity contribution in [3.05, 3.63) is 53.6 Å². The number of benzene rings is 2. The SMILES string of the molecule is CCCNS(=O)(=O)c1ccc(OCC(=O)Nc2ccc(C(=O)OC)cc2)c(C)c1. The Morgan fingerprint density at radius 2 is 1.76 bits per heavy atom. The van der Waals surface area contributed by atoms with E-state index in [-0.39, 0.29) is 11.5 Å². The number of carbonyl (C=O) groups is 2. The van der Waals surface area contributed by atoms with Crippen molar-refractivity contribution in [2.45, 2.75) is 25.2 Å². The minimum absolute atomic E-state index is 0.144. The van der Waals surface area contributed by atoms with Crippen molar-refractivity contribution >= 4 is 27.6 Å². The van der Waals surface area contributed by atoms with Gasteiger partial charge in [-0.1, -0.05) is 6.92 Å². The van der Waals surface area contributed by atoms with Crippen LogP contribution in [-0.2, 0) is 19.6 Å². The van der Waals surface area contributed by atoms with Crippen LogP contribution in [0.5, 0.6) is 5.75 Å². The molecule has 9 heteroatoms. The zero-order valence-corrected chi connectivity index (χ0v) is 17.3. The van der Waals surface area contributed by atoms with Crippen LogP contribution in [0.1, 0.15) is 29.3 Å². The Bertz CT molecular complexity index is 971. The molecule has 0 saturated heterocycles. The Labute approximate surface area is 170 Å². The van der Waals surface area contributed by atoms with Crippen LogP contribution in [0.4, 0.5) is 5.69 Å². The zero-order chi connectivity index (χ0) is 21.4. The van der Waals surface area contributed by atoms with E-state index in [0.717, 1.165) is 0 Å². The molecule has 0 heterocycles. The summed E-state index contributed by atoms with van der Waals surface area (Å²) in [4.78, 5) is 23.6. The molecule has 0 aliphatic heterocycles. The molecule has 8 nitrogen and oxygen atoms in total. The molecule has 1 amide bonds. The zero-order valence-electron chi connectivity index (χ0n) is 16.5. The van der Waals surface area contributed by atoms with Crippen molar-refractivity contribution in [1.29, 1.82) is 0 Å². The van der Waals surface area contributed by atoms with Gasteiger partial charge in [0.1, 0.15) is 5.75 Å². The first-order valence-electron chi connectivity index (χ1n) is 8.98. The second kappa shape index (κ2) is 10.0. The average molecular weight is 420 g/mol. The van der Waals surface area contributed by atoms with Gasteiger partial charge in [-0.15, -0.1) is 0 Å². The van der Waals surface area contributed by atoms with E-state index in [0.29, 0.717) is 35.5 Å². The summed E-state index contributed by atoms with van der Waals surface area (Å²) in [5, 5.41) is 2.65. The van der Waals surface area contributed by atoms with Crippen molar-refractivity contribution in [3.8, 4) is 5.75 Å². The van der Waals surface area contributed by atoms with Crippen molar-refractivity contribution in [1.82, 2.24) is 4.72 Å². The molecule has 0 saturated carbocycles. The van der Waals surface area contributed by atoms with Crippen LogP contribution in [0, 0.1) is 6.92 Å². The quantitative estimate of drug-likeness (QED) is 0.603. The molecule has 0 aromatic heterocycles. The predicted molar refractivity (Wildman–Crippen MR) is 109 cm³/mol. The van der Waals surface area contributed by atoms with Crippen molar-refractivity contribution < 1.29 is 27.5 Å². The molecule has 156 valence electrons. The first-order chi connectivity index (χ1) is 13.8. The molecule has 0 aliphatic carbocycles. The molecule has 2 aromatic rings. The Hall–Kier alpha value is -2.91. The van der Waals surface area contributed by atoms with Gasteiger partial charge in [-0.05, 0) is 61.4 Å². The second-order valence-electron chi connectivity index (χ2n) is 6.23. The van der Waals surface area contributed by atoms with E-state index in [1.54, 1.807) is 19.1 Å². The molecule has 0 unspecified atom stereocenters. The molecule has 0 atom stereocenters. The van der Waals surface area contributed by atoms with Gasteiger partial charge in [-0.3, -0.25) is 4.79 Å². The fourth-order valence-electron chi connectivity index (χ4n) is 2.42. The van der Waals surface area contributed by atoms with Crippen molar-refractivity contribution in [2.24, 2.45) is 0 Å². The monoisotopic (exact) mass is 420 g/mol. The molecule has 2 N–H and O–H groups in total. The first kappa shape index (κ1) is 22.4. The van der Waals surface area contributed by atoms with Gasteiger partial charge in [0.25, 0.3) is 5.91 Å². The maximum absolute atomic E-state index is 12.2. The third-order valence-electron chi connectivity index (χ3n) is 3.95. The predicted octanol–water partition coefficient (Wildman–Crippen LogP) is 2.49. The van der Waals surface area contributed by atoms with Crippen LogP contribution >= 0.6 is 0 Å². The van der Waals surface area contributed by atoms with E-state index in [1.807, 2.05) is 6.92 Å². The second-order valence-corrected chi connectivity index (χ2v) is 8.00. The van der Waals surface area contributed by atoms with Gasteiger partial charge in [-0.25, -0.2) is 17.9 Å². The molecule has 0 spiro atoms. The summed E-state index contributed by atoms with van der Waals surface area (Å²) in [7, 11) is -2.27. The van der Waals surface area contributed by atoms with Crippen LogP contribution in [0.25, 0.3) is 0 Å². The Morgan fingerprint density at radius 1 is 1.07 bits per heavy atom. The largest absolute Gasteiger partial charge is 0.483 e. The highest BCUT2D eigenvalue weighted by Gasteiger charge is 2.15. The van der Waals surface area contributed by atoms with E-state index >= 15 is 0 Å². The lowest BCUT2D eigenvalue weighted by molar-refractivity contribution is -0.118. The number of amides is 1. The minimum Gasteiger partial charge on any atom is -0.483 e. The third kappa shape index (κ3) is 6.30. The first-order valence-corrected chi connectivity index (χ1v) is 10.5. The number of sulfonamides is 1. The van der Waals surface area contributed by atoms with Crippen molar-refractivity contribution in [3.63, 3.8) is 0 Å². The van der Waals surface area contributed by atoms with E-state index in [1.165, 1.54) is 37.4 Å². The van der Waals surface area contributed by atoms with Gasteiger partial charge < -0.3 is 14.8 Å². The number of rotatable bonds is 9. The van der Waals surface area contributed by atoms with Gasteiger partial charge in [0, 0.05) is 12.2 Å². The maximum Gasteiger partial charge on any atom is 0.337 e. The highest BCUT2D eigenvalue weighted by molar-refractivity contribution is 7.89. The number of ether oxygens (including phenoxy) is 2. The summed E-state index contributed by atoms with van der Waals surface area (Å²) >= 11 is 0. The molecule has 0 fully saturated rings. The fourth-order valence-corrected chi connectivity index (χ4v) is 3.64. The van der Waals surface area contributed by atoms with E-state index in [2.05, 4.69) is 14.8 Å². The number of anilines is 1. The summed E-state index contributed by atoms with van der Waals surface area (Å²) in [5.41, 5.74) is 1.48. The average Bonchev–Trinajstić information content (AvgIpc) is 2.71. The molecule has 29 heavy (non-hydrogen) atoms. The van der Waals surface area contributed by atoms with E-state index in [9.17, 15) is 18.0 Å². The number of methoxy groups -OCH3 is 1. The summed E-state index contributed by atoms with van der Waals surface area (Å²) < 4.78 is 36.9. The number of carbonyl (C=O) groups excluding carboxylic acids is 2. The summed E-state index contributed by atoms with van der Waals surface area (Å²) in [6, 6.07) is 10.7. The lowest BCUT2D eigenvalue weighted by Crippen LogP contribution is -2.24. The smallest absolute Gasteiger partial charge is 0.337 e. The van der Waals surface area contributed by atoms with Gasteiger partial charge in [0.15, 0.2) is 6.61 Å². The highest BCUT2D eigenvalue weighted by atomic mass is 32.2. The number of nitrogens with one attached hydrogen (secondary N) is 2. The van der Waals surface area contributed by atoms with Gasteiger partial charge in [-0.2, -0.15) is 0 Å². The fraction of sp³-hybridized carbons (Fsp3) is 0.300.